The topological polar surface area (TPSA) is 26.3 Å². The SMILES string of the molecule is CCCCOC(=O)CCc1c(F)ccc(F)c1F. The predicted octanol–water partition coefficient (Wildman–Crippen LogP) is 3.38. The first-order valence-electron chi connectivity index (χ1n) is 5.84. The van der Waals surface area contributed by atoms with Crippen molar-refractivity contribution in [1.29, 1.82) is 0 Å². The second kappa shape index (κ2) is 7.03. The molecule has 5 heteroatoms. The average molecular weight is 260 g/mol. The zero-order chi connectivity index (χ0) is 13.5. The van der Waals surface area contributed by atoms with Gasteiger partial charge in [-0.15, -0.1) is 0 Å². The van der Waals surface area contributed by atoms with Crippen molar-refractivity contribution in [3.63, 3.8) is 0 Å². The minimum absolute atomic E-state index is 0.166. The Morgan fingerprint density at radius 2 is 1.89 bits per heavy atom. The van der Waals surface area contributed by atoms with Crippen molar-refractivity contribution >= 4 is 5.97 Å². The molecule has 1 aromatic rings. The molecule has 0 amide bonds. The van der Waals surface area contributed by atoms with Crippen LogP contribution in [0.4, 0.5) is 13.2 Å². The largest absolute Gasteiger partial charge is 0.466 e. The van der Waals surface area contributed by atoms with Gasteiger partial charge in [0.15, 0.2) is 11.6 Å². The van der Waals surface area contributed by atoms with Crippen LogP contribution in [0.15, 0.2) is 12.1 Å². The lowest BCUT2D eigenvalue weighted by atomic mass is 10.1. The summed E-state index contributed by atoms with van der Waals surface area (Å²) >= 11 is 0. The Morgan fingerprint density at radius 3 is 2.56 bits per heavy atom. The Morgan fingerprint density at radius 1 is 1.22 bits per heavy atom. The Hall–Kier alpha value is -1.52. The first kappa shape index (κ1) is 14.5. The van der Waals surface area contributed by atoms with Crippen molar-refractivity contribution in [1.82, 2.24) is 0 Å². The molecule has 0 N–H and O–H groups in total. The summed E-state index contributed by atoms with van der Waals surface area (Å²) < 4.78 is 44.2. The van der Waals surface area contributed by atoms with E-state index in [2.05, 4.69) is 0 Å². The first-order valence-corrected chi connectivity index (χ1v) is 5.84. The van der Waals surface area contributed by atoms with E-state index in [0.717, 1.165) is 18.9 Å². The number of esters is 1. The summed E-state index contributed by atoms with van der Waals surface area (Å²) in [7, 11) is 0. The summed E-state index contributed by atoms with van der Waals surface area (Å²) in [5, 5.41) is 0. The maximum Gasteiger partial charge on any atom is 0.306 e. The van der Waals surface area contributed by atoms with Gasteiger partial charge in [0.1, 0.15) is 5.82 Å². The third kappa shape index (κ3) is 4.05. The maximum absolute atomic E-state index is 13.3. The molecule has 2 nitrogen and oxygen atoms in total. The minimum Gasteiger partial charge on any atom is -0.466 e. The highest BCUT2D eigenvalue weighted by atomic mass is 19.2. The molecule has 0 fully saturated rings. The van der Waals surface area contributed by atoms with Crippen molar-refractivity contribution in [2.24, 2.45) is 0 Å². The minimum atomic E-state index is -1.24. The van der Waals surface area contributed by atoms with Crippen LogP contribution < -0.4 is 0 Å². The molecule has 0 saturated carbocycles. The van der Waals surface area contributed by atoms with Crippen LogP contribution in [-0.2, 0) is 16.0 Å². The van der Waals surface area contributed by atoms with E-state index in [1.54, 1.807) is 0 Å². The fourth-order valence-electron chi connectivity index (χ4n) is 1.43. The van der Waals surface area contributed by atoms with Crippen molar-refractivity contribution in [2.45, 2.75) is 32.6 Å². The van der Waals surface area contributed by atoms with Gasteiger partial charge in [-0.25, -0.2) is 13.2 Å². The second-order valence-corrected chi connectivity index (χ2v) is 3.90. The molecule has 18 heavy (non-hydrogen) atoms. The number of unbranched alkanes of at least 4 members (excludes halogenated alkanes) is 1. The molecule has 0 radical (unpaired) electrons. The Labute approximate surface area is 104 Å². The molecule has 1 rings (SSSR count). The Bertz CT molecular complexity index is 419. The van der Waals surface area contributed by atoms with Crippen molar-refractivity contribution in [3.8, 4) is 0 Å². The Balaban J connectivity index is 2.53. The molecule has 100 valence electrons. The molecule has 0 aliphatic heterocycles. The molecular formula is C13H15F3O2. The summed E-state index contributed by atoms with van der Waals surface area (Å²) in [6, 6.07) is 1.56. The first-order chi connectivity index (χ1) is 8.56. The Kier molecular flexibility index (Phi) is 5.68. The van der Waals surface area contributed by atoms with Gasteiger partial charge in [-0.05, 0) is 25.0 Å². The third-order valence-electron chi connectivity index (χ3n) is 2.48. The third-order valence-corrected chi connectivity index (χ3v) is 2.48. The van der Waals surface area contributed by atoms with Crippen LogP contribution in [0.1, 0.15) is 31.7 Å². The molecule has 0 unspecified atom stereocenters. The van der Waals surface area contributed by atoms with Crippen LogP contribution in [0.3, 0.4) is 0 Å². The van der Waals surface area contributed by atoms with E-state index in [1.807, 2.05) is 6.92 Å². The number of hydrogen-bond donors (Lipinski definition) is 0. The molecule has 1 aromatic carbocycles. The van der Waals surface area contributed by atoms with Gasteiger partial charge in [-0.1, -0.05) is 13.3 Å². The summed E-state index contributed by atoms with van der Waals surface area (Å²) in [6.45, 7) is 2.24. The molecular weight excluding hydrogens is 245 g/mol. The summed E-state index contributed by atoms with van der Waals surface area (Å²) in [6.07, 6.45) is 1.26. The van der Waals surface area contributed by atoms with E-state index in [9.17, 15) is 18.0 Å². The fraction of sp³-hybridized carbons (Fsp3) is 0.462. The zero-order valence-corrected chi connectivity index (χ0v) is 10.1. The lowest BCUT2D eigenvalue weighted by Gasteiger charge is -2.06. The van der Waals surface area contributed by atoms with Crippen molar-refractivity contribution in [2.75, 3.05) is 6.61 Å². The average Bonchev–Trinajstić information content (AvgIpc) is 2.34. The number of rotatable bonds is 6. The van der Waals surface area contributed by atoms with Gasteiger partial charge in [0.2, 0.25) is 0 Å². The number of benzene rings is 1. The van der Waals surface area contributed by atoms with Crippen LogP contribution in [0.5, 0.6) is 0 Å². The highest BCUT2D eigenvalue weighted by Gasteiger charge is 2.15. The summed E-state index contributed by atoms with van der Waals surface area (Å²) in [5.74, 6) is -3.75. The van der Waals surface area contributed by atoms with Crippen LogP contribution in [-0.4, -0.2) is 12.6 Å². The van der Waals surface area contributed by atoms with E-state index in [-0.39, 0.29) is 12.8 Å². The van der Waals surface area contributed by atoms with Gasteiger partial charge in [-0.2, -0.15) is 0 Å². The molecule has 0 aliphatic rings. The standard InChI is InChI=1S/C13H15F3O2/c1-2-3-8-18-12(17)7-4-9-10(14)5-6-11(15)13(9)16/h5-6H,2-4,7-8H2,1H3. The lowest BCUT2D eigenvalue weighted by Crippen LogP contribution is -2.09. The van der Waals surface area contributed by atoms with E-state index in [0.29, 0.717) is 12.7 Å². The highest BCUT2D eigenvalue weighted by Crippen LogP contribution is 2.17. The zero-order valence-electron chi connectivity index (χ0n) is 10.1. The smallest absolute Gasteiger partial charge is 0.306 e. The normalized spacial score (nSPS) is 10.4. The molecule has 0 heterocycles. The van der Waals surface area contributed by atoms with Crippen LogP contribution in [0.2, 0.25) is 0 Å². The molecule has 0 aliphatic carbocycles. The van der Waals surface area contributed by atoms with E-state index in [1.165, 1.54) is 0 Å². The fourth-order valence-corrected chi connectivity index (χ4v) is 1.43. The number of carbonyl (C=O) groups is 1. The summed E-state index contributed by atoms with van der Waals surface area (Å²) in [4.78, 5) is 11.2. The number of carbonyl (C=O) groups excluding carboxylic acids is 1. The molecule has 0 atom stereocenters. The van der Waals surface area contributed by atoms with Crippen molar-refractivity contribution < 1.29 is 22.7 Å². The maximum atomic E-state index is 13.3. The van der Waals surface area contributed by atoms with Gasteiger partial charge < -0.3 is 4.74 Å². The van der Waals surface area contributed by atoms with E-state index in [4.69, 9.17) is 4.74 Å². The van der Waals surface area contributed by atoms with E-state index < -0.39 is 29.0 Å². The van der Waals surface area contributed by atoms with Crippen molar-refractivity contribution in [3.05, 3.63) is 35.1 Å². The number of hydrogen-bond acceptors (Lipinski definition) is 2. The monoisotopic (exact) mass is 260 g/mol. The molecule has 0 bridgehead atoms. The quantitative estimate of drug-likeness (QED) is 0.445. The molecule has 0 aromatic heterocycles. The lowest BCUT2D eigenvalue weighted by molar-refractivity contribution is -0.143. The van der Waals surface area contributed by atoms with Gasteiger partial charge in [0.25, 0.3) is 0 Å². The summed E-state index contributed by atoms with van der Waals surface area (Å²) in [5.41, 5.74) is -0.414. The van der Waals surface area contributed by atoms with Gasteiger partial charge in [0, 0.05) is 12.0 Å². The van der Waals surface area contributed by atoms with Gasteiger partial charge >= 0.3 is 5.97 Å². The number of ether oxygens (including phenoxy) is 1. The van der Waals surface area contributed by atoms with Crippen LogP contribution >= 0.6 is 0 Å². The predicted molar refractivity (Wildman–Crippen MR) is 60.5 cm³/mol. The van der Waals surface area contributed by atoms with Gasteiger partial charge in [-0.3, -0.25) is 4.79 Å². The number of halogens is 3. The molecule has 0 spiro atoms. The van der Waals surface area contributed by atoms with Crippen LogP contribution in [0.25, 0.3) is 0 Å². The second-order valence-electron chi connectivity index (χ2n) is 3.90. The van der Waals surface area contributed by atoms with Crippen LogP contribution in [0, 0.1) is 17.5 Å². The van der Waals surface area contributed by atoms with E-state index >= 15 is 0 Å². The molecule has 0 saturated heterocycles. The van der Waals surface area contributed by atoms with Gasteiger partial charge in [0.05, 0.1) is 6.61 Å². The highest BCUT2D eigenvalue weighted by molar-refractivity contribution is 5.69.